The number of hydrogen-bond acceptors (Lipinski definition) is 5. The molecule has 2 aromatic carbocycles. The molecule has 0 aliphatic carbocycles. The van der Waals surface area contributed by atoms with E-state index in [2.05, 4.69) is 10.5 Å². The number of nitro benzene ring substituents is 1. The zero-order chi connectivity index (χ0) is 23.3. The predicted molar refractivity (Wildman–Crippen MR) is 124 cm³/mol. The molecule has 0 aliphatic heterocycles. The monoisotopic (exact) mass is 454 g/mol. The molecule has 0 saturated carbocycles. The number of halogens is 1. The van der Waals surface area contributed by atoms with Crippen molar-refractivity contribution in [2.24, 2.45) is 5.10 Å². The van der Waals surface area contributed by atoms with E-state index in [0.29, 0.717) is 23.6 Å². The molecular weight excluding hydrogens is 432 g/mol. The highest BCUT2D eigenvalue weighted by Crippen LogP contribution is 2.29. The number of aryl methyl sites for hydroxylation is 1. The van der Waals surface area contributed by atoms with Crippen LogP contribution < -0.4 is 10.2 Å². The summed E-state index contributed by atoms with van der Waals surface area (Å²) in [6.07, 6.45) is 2.45. The van der Waals surface area contributed by atoms with Crippen LogP contribution in [0.25, 0.3) is 5.69 Å². The van der Waals surface area contributed by atoms with E-state index in [1.165, 1.54) is 12.1 Å². The fourth-order valence-electron chi connectivity index (χ4n) is 3.24. The summed E-state index contributed by atoms with van der Waals surface area (Å²) >= 11 is 5.92. The standard InChI is InChI=1S/C23H23ClN4O4/c1-4-11-32-20-8-5-17(6-9-20)23(29)26-25-14-18-12-15(2)27(16(18)3)19-7-10-21(24)22(13-19)28(30)31/h5-10,12-14H,4,11H2,1-3H3,(H,26,29)/b25-14-. The summed E-state index contributed by atoms with van der Waals surface area (Å²) in [5.41, 5.74) is 5.87. The predicted octanol–water partition coefficient (Wildman–Crippen LogP) is 5.21. The number of ether oxygens (including phenoxy) is 1. The van der Waals surface area contributed by atoms with Crippen molar-refractivity contribution in [2.75, 3.05) is 6.61 Å². The molecule has 0 radical (unpaired) electrons. The molecule has 0 fully saturated rings. The van der Waals surface area contributed by atoms with Crippen molar-refractivity contribution in [3.8, 4) is 11.4 Å². The highest BCUT2D eigenvalue weighted by Gasteiger charge is 2.16. The van der Waals surface area contributed by atoms with Crippen molar-refractivity contribution in [3.05, 3.63) is 86.2 Å². The summed E-state index contributed by atoms with van der Waals surface area (Å²) in [6.45, 7) is 6.39. The van der Waals surface area contributed by atoms with E-state index >= 15 is 0 Å². The van der Waals surface area contributed by atoms with Crippen LogP contribution in [-0.2, 0) is 0 Å². The Bertz CT molecular complexity index is 1170. The molecule has 0 unspecified atom stereocenters. The smallest absolute Gasteiger partial charge is 0.289 e. The molecule has 1 heterocycles. The molecule has 0 saturated heterocycles. The van der Waals surface area contributed by atoms with E-state index in [0.717, 1.165) is 23.4 Å². The number of aromatic nitrogens is 1. The van der Waals surface area contributed by atoms with Crippen molar-refractivity contribution >= 4 is 29.4 Å². The van der Waals surface area contributed by atoms with Crippen molar-refractivity contribution in [3.63, 3.8) is 0 Å². The molecule has 0 atom stereocenters. The van der Waals surface area contributed by atoms with Crippen molar-refractivity contribution in [1.29, 1.82) is 0 Å². The topological polar surface area (TPSA) is 98.8 Å². The third-order valence-electron chi connectivity index (χ3n) is 4.81. The van der Waals surface area contributed by atoms with Crippen LogP contribution >= 0.6 is 11.6 Å². The van der Waals surface area contributed by atoms with Crippen LogP contribution in [0.4, 0.5) is 5.69 Å². The van der Waals surface area contributed by atoms with E-state index in [9.17, 15) is 14.9 Å². The molecule has 166 valence electrons. The summed E-state index contributed by atoms with van der Waals surface area (Å²) in [4.78, 5) is 23.0. The molecule has 3 rings (SSSR count). The molecule has 3 aromatic rings. The van der Waals surface area contributed by atoms with Gasteiger partial charge in [0.05, 0.1) is 23.4 Å². The molecule has 1 amide bonds. The van der Waals surface area contributed by atoms with Crippen LogP contribution in [0.1, 0.15) is 40.7 Å². The largest absolute Gasteiger partial charge is 0.494 e. The van der Waals surface area contributed by atoms with Crippen molar-refractivity contribution in [1.82, 2.24) is 9.99 Å². The zero-order valence-corrected chi connectivity index (χ0v) is 18.7. The minimum atomic E-state index is -0.514. The molecule has 1 N–H and O–H groups in total. The van der Waals surface area contributed by atoms with Crippen LogP contribution in [0.2, 0.25) is 5.02 Å². The second kappa shape index (κ2) is 10.1. The normalized spacial score (nSPS) is 11.0. The Labute approximate surface area is 190 Å². The fraction of sp³-hybridized carbons (Fsp3) is 0.217. The van der Waals surface area contributed by atoms with Gasteiger partial charge in [0, 0.05) is 28.6 Å². The van der Waals surface area contributed by atoms with Crippen LogP contribution in [-0.4, -0.2) is 28.2 Å². The van der Waals surface area contributed by atoms with E-state index in [-0.39, 0.29) is 16.6 Å². The first kappa shape index (κ1) is 23.0. The first-order valence-electron chi connectivity index (χ1n) is 10.0. The molecule has 0 aliphatic rings. The Balaban J connectivity index is 1.74. The number of hydrazone groups is 1. The first-order chi connectivity index (χ1) is 15.3. The van der Waals surface area contributed by atoms with E-state index in [1.807, 2.05) is 31.4 Å². The van der Waals surface area contributed by atoms with Gasteiger partial charge in [-0.15, -0.1) is 0 Å². The van der Waals surface area contributed by atoms with Gasteiger partial charge in [-0.3, -0.25) is 14.9 Å². The summed E-state index contributed by atoms with van der Waals surface area (Å²) in [6, 6.07) is 13.4. The summed E-state index contributed by atoms with van der Waals surface area (Å²) < 4.78 is 7.37. The number of carbonyl (C=O) groups is 1. The van der Waals surface area contributed by atoms with Gasteiger partial charge in [-0.25, -0.2) is 5.43 Å². The average molecular weight is 455 g/mol. The molecule has 9 heteroatoms. The Hall–Kier alpha value is -3.65. The first-order valence-corrected chi connectivity index (χ1v) is 10.4. The third-order valence-corrected chi connectivity index (χ3v) is 5.13. The molecule has 0 spiro atoms. The SMILES string of the molecule is CCCOc1ccc(C(=O)N/N=C\c2cc(C)n(-c3ccc(Cl)c([N+](=O)[O-])c3)c2C)cc1. The van der Waals surface area contributed by atoms with Gasteiger partial charge in [0.1, 0.15) is 10.8 Å². The van der Waals surface area contributed by atoms with Crippen molar-refractivity contribution in [2.45, 2.75) is 27.2 Å². The van der Waals surface area contributed by atoms with Gasteiger partial charge < -0.3 is 9.30 Å². The van der Waals surface area contributed by atoms with Gasteiger partial charge >= 0.3 is 0 Å². The number of carbonyl (C=O) groups excluding carboxylic acids is 1. The number of benzene rings is 2. The number of nitrogens with zero attached hydrogens (tertiary/aromatic N) is 3. The second-order valence-electron chi connectivity index (χ2n) is 7.13. The van der Waals surface area contributed by atoms with E-state index < -0.39 is 4.92 Å². The van der Waals surface area contributed by atoms with Gasteiger partial charge in [0.15, 0.2) is 0 Å². The number of rotatable bonds is 8. The van der Waals surface area contributed by atoms with Gasteiger partial charge in [-0.1, -0.05) is 18.5 Å². The number of nitro groups is 1. The van der Waals surface area contributed by atoms with Crippen LogP contribution in [0.3, 0.4) is 0 Å². The van der Waals surface area contributed by atoms with Crippen LogP contribution in [0.5, 0.6) is 5.75 Å². The quantitative estimate of drug-likeness (QED) is 0.287. The van der Waals surface area contributed by atoms with Gasteiger partial charge in [0.25, 0.3) is 11.6 Å². The summed E-state index contributed by atoms with van der Waals surface area (Å²) in [7, 11) is 0. The minimum absolute atomic E-state index is 0.0793. The Morgan fingerprint density at radius 2 is 1.94 bits per heavy atom. The van der Waals surface area contributed by atoms with Gasteiger partial charge in [0.2, 0.25) is 0 Å². The molecule has 32 heavy (non-hydrogen) atoms. The van der Waals surface area contributed by atoms with Gasteiger partial charge in [-0.05, 0) is 62.7 Å². The lowest BCUT2D eigenvalue weighted by molar-refractivity contribution is -0.384. The number of hydrogen-bond donors (Lipinski definition) is 1. The summed E-state index contributed by atoms with van der Waals surface area (Å²) in [5, 5.41) is 15.4. The number of amides is 1. The van der Waals surface area contributed by atoms with Crippen LogP contribution in [0.15, 0.2) is 53.6 Å². The third kappa shape index (κ3) is 5.15. The highest BCUT2D eigenvalue weighted by atomic mass is 35.5. The Kier molecular flexibility index (Phi) is 7.27. The summed E-state index contributed by atoms with van der Waals surface area (Å²) in [5.74, 6) is 0.368. The maximum Gasteiger partial charge on any atom is 0.289 e. The lowest BCUT2D eigenvalue weighted by Crippen LogP contribution is -2.17. The maximum absolute atomic E-state index is 12.3. The van der Waals surface area contributed by atoms with Crippen molar-refractivity contribution < 1.29 is 14.5 Å². The molecule has 8 nitrogen and oxygen atoms in total. The Morgan fingerprint density at radius 1 is 1.22 bits per heavy atom. The maximum atomic E-state index is 12.3. The molecule has 0 bridgehead atoms. The van der Waals surface area contributed by atoms with Gasteiger partial charge in [-0.2, -0.15) is 5.10 Å². The Morgan fingerprint density at radius 3 is 2.59 bits per heavy atom. The second-order valence-corrected chi connectivity index (χ2v) is 7.53. The molecular formula is C23H23ClN4O4. The average Bonchev–Trinajstić information content (AvgIpc) is 3.06. The number of nitrogens with one attached hydrogen (secondary N) is 1. The fourth-order valence-corrected chi connectivity index (χ4v) is 3.43. The zero-order valence-electron chi connectivity index (χ0n) is 18.0. The van der Waals surface area contributed by atoms with E-state index in [1.54, 1.807) is 36.5 Å². The molecule has 1 aromatic heterocycles. The van der Waals surface area contributed by atoms with Crippen LogP contribution in [0, 0.1) is 24.0 Å². The lowest BCUT2D eigenvalue weighted by Gasteiger charge is -2.10. The minimum Gasteiger partial charge on any atom is -0.494 e. The highest BCUT2D eigenvalue weighted by molar-refractivity contribution is 6.32. The lowest BCUT2D eigenvalue weighted by atomic mass is 10.2. The van der Waals surface area contributed by atoms with E-state index in [4.69, 9.17) is 16.3 Å².